The number of rotatable bonds is 33. The maximum atomic E-state index is 12.8. The minimum Gasteiger partial charge on any atom is -0.480 e. The lowest BCUT2D eigenvalue weighted by Crippen LogP contribution is -2.45. The summed E-state index contributed by atoms with van der Waals surface area (Å²) in [5, 5.41) is 35.0. The second-order valence-electron chi connectivity index (χ2n) is 15.7. The predicted molar refractivity (Wildman–Crippen MR) is 221 cm³/mol. The molecule has 0 aromatic carbocycles. The third kappa shape index (κ3) is 28.5. The molecule has 8 N–H and O–H groups in total. The Morgan fingerprint density at radius 1 is 0.600 bits per heavy atom. The van der Waals surface area contributed by atoms with Gasteiger partial charge in [0, 0.05) is 44.9 Å². The molecule has 0 bridgehead atoms. The molecule has 0 aliphatic heterocycles. The molecule has 6 amide bonds. The number of hydrogen-bond acceptors (Lipinski definition) is 12. The van der Waals surface area contributed by atoms with E-state index in [1.807, 2.05) is 20.8 Å². The van der Waals surface area contributed by atoms with Crippen LogP contribution in [0.2, 0.25) is 0 Å². The number of unbranched alkanes of at least 4 members (excludes halogenated alkanes) is 1. The molecule has 0 heterocycles. The SMILES string of the molecule is CC(C)(C)CC(=O)NCC1CCC(C(=O)N[C@@H](CCC(=O)NCCOCCOCC(=O)NCCOCCOCC(=O)N[C@@H](CCCCNC(=O)CBr)C(=O)O)C(=O)O)CC1. The van der Waals surface area contributed by atoms with Crippen molar-refractivity contribution in [3.05, 3.63) is 0 Å². The zero-order valence-corrected chi connectivity index (χ0v) is 36.8. The van der Waals surface area contributed by atoms with Crippen LogP contribution >= 0.6 is 15.9 Å². The molecule has 344 valence electrons. The summed E-state index contributed by atoms with van der Waals surface area (Å²) in [6, 6.07) is -2.26. The van der Waals surface area contributed by atoms with Crippen LogP contribution in [0.1, 0.15) is 85.0 Å². The number of carbonyl (C=O) groups excluding carboxylic acids is 6. The average Bonchev–Trinajstić information content (AvgIpc) is 3.19. The van der Waals surface area contributed by atoms with Crippen molar-refractivity contribution in [1.29, 1.82) is 0 Å². The van der Waals surface area contributed by atoms with Crippen molar-refractivity contribution in [3.63, 3.8) is 0 Å². The second kappa shape index (κ2) is 31.9. The van der Waals surface area contributed by atoms with Crippen molar-refractivity contribution in [3.8, 4) is 0 Å². The lowest BCUT2D eigenvalue weighted by molar-refractivity contribution is -0.143. The number of carbonyl (C=O) groups is 8. The van der Waals surface area contributed by atoms with E-state index in [0.717, 1.165) is 12.8 Å². The van der Waals surface area contributed by atoms with Gasteiger partial charge in [-0.3, -0.25) is 28.8 Å². The molecule has 60 heavy (non-hydrogen) atoms. The maximum absolute atomic E-state index is 12.8. The van der Waals surface area contributed by atoms with Crippen molar-refractivity contribution in [2.24, 2.45) is 17.3 Å². The van der Waals surface area contributed by atoms with Gasteiger partial charge in [0.25, 0.3) is 0 Å². The van der Waals surface area contributed by atoms with Gasteiger partial charge in [0.2, 0.25) is 35.4 Å². The molecule has 0 saturated heterocycles. The fraction of sp³-hybridized carbons (Fsp3) is 0.795. The molecule has 0 aromatic rings. The third-order valence-corrected chi connectivity index (χ3v) is 9.62. The first kappa shape index (κ1) is 54.1. The standard InChI is InChI=1S/C39H67BrN6O14/c1-39(2,3)22-32(48)44-24-27-7-9-28(10-8-27)36(52)46-30(38(55)56)11-12-31(47)42-14-16-57-18-20-59-25-34(50)43-15-17-58-19-21-60-26-35(51)45-29(37(53)54)6-4-5-13-41-33(49)23-40/h27-30H,4-26H2,1-3H3,(H,41,49)(H,42,47)(H,43,50)(H,44,48)(H,45,51)(H,46,52)(H,53,54)(H,55,56)/t27?,28?,29-,30-/m0/s1. The van der Waals surface area contributed by atoms with Crippen molar-refractivity contribution >= 4 is 63.3 Å². The highest BCUT2D eigenvalue weighted by atomic mass is 79.9. The number of hydrogen-bond donors (Lipinski definition) is 8. The molecular formula is C39H67BrN6O14. The Bertz CT molecular complexity index is 1340. The van der Waals surface area contributed by atoms with E-state index in [1.54, 1.807) is 0 Å². The summed E-state index contributed by atoms with van der Waals surface area (Å²) in [6.45, 7) is 7.69. The Morgan fingerprint density at radius 2 is 1.13 bits per heavy atom. The summed E-state index contributed by atoms with van der Waals surface area (Å²) >= 11 is 3.04. The zero-order chi connectivity index (χ0) is 44.8. The fourth-order valence-corrected chi connectivity index (χ4v) is 6.13. The first-order chi connectivity index (χ1) is 28.5. The van der Waals surface area contributed by atoms with Gasteiger partial charge in [-0.15, -0.1) is 0 Å². The Balaban J connectivity index is 2.04. The van der Waals surface area contributed by atoms with Gasteiger partial charge >= 0.3 is 11.9 Å². The van der Waals surface area contributed by atoms with Gasteiger partial charge in [-0.25, -0.2) is 9.59 Å². The molecule has 1 aliphatic carbocycles. The summed E-state index contributed by atoms with van der Waals surface area (Å²) in [6.07, 6.45) is 4.26. The minimum absolute atomic E-state index is 0.00928. The number of nitrogens with one attached hydrogen (secondary N) is 6. The van der Waals surface area contributed by atoms with Crippen LogP contribution in [0.4, 0.5) is 0 Å². The molecule has 0 spiro atoms. The van der Waals surface area contributed by atoms with E-state index in [1.165, 1.54) is 0 Å². The van der Waals surface area contributed by atoms with Gasteiger partial charge in [-0.2, -0.15) is 0 Å². The first-order valence-electron chi connectivity index (χ1n) is 20.5. The van der Waals surface area contributed by atoms with Gasteiger partial charge in [-0.05, 0) is 62.7 Å². The minimum atomic E-state index is -1.21. The molecule has 1 aliphatic rings. The molecular weight excluding hydrogens is 856 g/mol. The van der Waals surface area contributed by atoms with E-state index in [9.17, 15) is 48.6 Å². The highest BCUT2D eigenvalue weighted by Gasteiger charge is 2.30. The Labute approximate surface area is 360 Å². The number of halogens is 1. The number of aliphatic carboxylic acids is 2. The van der Waals surface area contributed by atoms with Crippen LogP contribution in [0, 0.1) is 17.3 Å². The van der Waals surface area contributed by atoms with Crippen molar-refractivity contribution in [1.82, 2.24) is 31.9 Å². The highest BCUT2D eigenvalue weighted by Crippen LogP contribution is 2.29. The van der Waals surface area contributed by atoms with Gasteiger partial charge in [0.05, 0.1) is 45.0 Å². The van der Waals surface area contributed by atoms with Crippen molar-refractivity contribution < 1.29 is 67.5 Å². The number of alkyl halides is 1. The number of amides is 6. The summed E-state index contributed by atoms with van der Waals surface area (Å²) < 4.78 is 21.2. The van der Waals surface area contributed by atoms with Gasteiger partial charge in [0.15, 0.2) is 0 Å². The van der Waals surface area contributed by atoms with Crippen LogP contribution in [0.3, 0.4) is 0 Å². The van der Waals surface area contributed by atoms with Gasteiger partial charge < -0.3 is 61.1 Å². The van der Waals surface area contributed by atoms with Crippen molar-refractivity contribution in [2.75, 3.05) is 84.4 Å². The quantitative estimate of drug-likeness (QED) is 0.0324. The van der Waals surface area contributed by atoms with Crippen LogP contribution in [0.15, 0.2) is 0 Å². The molecule has 21 heteroatoms. The van der Waals surface area contributed by atoms with Crippen LogP contribution in [0.25, 0.3) is 0 Å². The van der Waals surface area contributed by atoms with E-state index in [4.69, 9.17) is 18.9 Å². The molecule has 0 aromatic heterocycles. The molecule has 1 rings (SSSR count). The van der Waals surface area contributed by atoms with E-state index >= 15 is 0 Å². The Kier molecular flexibility index (Phi) is 28.7. The molecule has 2 atom stereocenters. The Hall–Kier alpha value is -3.92. The largest absolute Gasteiger partial charge is 0.480 e. The van der Waals surface area contributed by atoms with E-state index in [2.05, 4.69) is 47.8 Å². The van der Waals surface area contributed by atoms with Crippen LogP contribution in [-0.2, 0) is 57.3 Å². The van der Waals surface area contributed by atoms with Gasteiger partial charge in [-0.1, -0.05) is 36.7 Å². The van der Waals surface area contributed by atoms with Crippen LogP contribution < -0.4 is 31.9 Å². The Morgan fingerprint density at radius 3 is 1.70 bits per heavy atom. The first-order valence-corrected chi connectivity index (χ1v) is 21.6. The van der Waals surface area contributed by atoms with E-state index < -0.39 is 29.9 Å². The molecule has 20 nitrogen and oxygen atoms in total. The molecule has 1 saturated carbocycles. The summed E-state index contributed by atoms with van der Waals surface area (Å²) in [4.78, 5) is 95.6. The maximum Gasteiger partial charge on any atom is 0.326 e. The summed E-state index contributed by atoms with van der Waals surface area (Å²) in [5.41, 5.74) is -0.0940. The molecule has 1 fully saturated rings. The number of carboxylic acid groups (broad SMARTS) is 2. The average molecular weight is 924 g/mol. The zero-order valence-electron chi connectivity index (χ0n) is 35.2. The third-order valence-electron chi connectivity index (χ3n) is 9.11. The second-order valence-corrected chi connectivity index (χ2v) is 16.2. The van der Waals surface area contributed by atoms with Gasteiger partial charge in [0.1, 0.15) is 25.3 Å². The summed E-state index contributed by atoms with van der Waals surface area (Å²) in [5.74, 6) is -4.24. The van der Waals surface area contributed by atoms with E-state index in [0.29, 0.717) is 45.2 Å². The lowest BCUT2D eigenvalue weighted by atomic mass is 9.81. The fourth-order valence-electron chi connectivity index (χ4n) is 5.93. The smallest absolute Gasteiger partial charge is 0.326 e. The monoisotopic (exact) mass is 922 g/mol. The molecule has 0 unspecified atom stereocenters. The predicted octanol–water partition coefficient (Wildman–Crippen LogP) is 0.244. The topological polar surface area (TPSA) is 286 Å². The highest BCUT2D eigenvalue weighted by molar-refractivity contribution is 9.09. The summed E-state index contributed by atoms with van der Waals surface area (Å²) in [7, 11) is 0. The van der Waals surface area contributed by atoms with E-state index in [-0.39, 0.29) is 137 Å². The molecule has 0 radical (unpaired) electrons. The number of ether oxygens (including phenoxy) is 4. The van der Waals surface area contributed by atoms with Crippen molar-refractivity contribution in [2.45, 2.75) is 97.1 Å². The number of carboxylic acids is 2. The lowest BCUT2D eigenvalue weighted by Gasteiger charge is -2.29. The van der Waals surface area contributed by atoms with Crippen LogP contribution in [-0.4, -0.2) is 154 Å². The normalized spacial score (nSPS) is 16.1. The van der Waals surface area contributed by atoms with Crippen LogP contribution in [0.5, 0.6) is 0 Å².